The standard InChI is InChI=1S/C44H29BN4/c1-3-13-30(14-4-1)42-29-47-44-38-27-32(22-24-34(38)35-17-7-10-20-40(35)49(42)44)45(31-15-5-2-6-16-31)33-23-25-37-36-18-8-9-19-39(36)48(41(37)28-33)43-21-11-12-26-46-43/h1-29H. The zero-order valence-electron chi connectivity index (χ0n) is 26.6. The van der Waals surface area contributed by atoms with Crippen molar-refractivity contribution in [3.63, 3.8) is 0 Å². The second-order valence-electron chi connectivity index (χ2n) is 12.7. The largest absolute Gasteiger partial charge is 0.294 e. The van der Waals surface area contributed by atoms with Gasteiger partial charge in [-0.1, -0.05) is 150 Å². The average Bonchev–Trinajstić information content (AvgIpc) is 3.77. The molecule has 0 aliphatic heterocycles. The van der Waals surface area contributed by atoms with Crippen molar-refractivity contribution >= 4 is 72.2 Å². The molecule has 4 nitrogen and oxygen atoms in total. The molecule has 0 N–H and O–H groups in total. The van der Waals surface area contributed by atoms with Crippen molar-refractivity contribution in [1.82, 2.24) is 18.9 Å². The molecule has 10 aromatic rings. The Morgan fingerprint density at radius 2 is 1.06 bits per heavy atom. The van der Waals surface area contributed by atoms with Gasteiger partial charge in [-0.3, -0.25) is 8.97 Å². The Hall–Kier alpha value is -6.46. The van der Waals surface area contributed by atoms with E-state index in [1.807, 2.05) is 18.5 Å². The van der Waals surface area contributed by atoms with Gasteiger partial charge in [-0.25, -0.2) is 9.97 Å². The third-order valence-corrected chi connectivity index (χ3v) is 9.93. The molecule has 228 valence electrons. The van der Waals surface area contributed by atoms with Crippen LogP contribution in [0, 0.1) is 0 Å². The number of fused-ring (bicyclic) bond motifs is 9. The van der Waals surface area contributed by atoms with E-state index in [4.69, 9.17) is 9.97 Å². The predicted octanol–water partition coefficient (Wildman–Crippen LogP) is 8.32. The molecule has 6 aromatic carbocycles. The Bertz CT molecular complexity index is 2820. The van der Waals surface area contributed by atoms with Crippen molar-refractivity contribution in [1.29, 1.82) is 0 Å². The van der Waals surface area contributed by atoms with Crippen LogP contribution < -0.4 is 16.4 Å². The Kier molecular flexibility index (Phi) is 6.24. The summed E-state index contributed by atoms with van der Waals surface area (Å²) in [7, 11) is 0. The van der Waals surface area contributed by atoms with Crippen LogP contribution >= 0.6 is 0 Å². The Morgan fingerprint density at radius 3 is 1.84 bits per heavy atom. The highest BCUT2D eigenvalue weighted by atomic mass is 15.1. The van der Waals surface area contributed by atoms with E-state index in [0.717, 1.165) is 44.7 Å². The maximum atomic E-state index is 5.08. The number of para-hydroxylation sites is 2. The maximum absolute atomic E-state index is 5.08. The average molecular weight is 625 g/mol. The molecule has 0 amide bonds. The van der Waals surface area contributed by atoms with Gasteiger partial charge in [-0.05, 0) is 35.7 Å². The van der Waals surface area contributed by atoms with Crippen LogP contribution in [0.5, 0.6) is 0 Å². The van der Waals surface area contributed by atoms with E-state index >= 15 is 0 Å². The highest BCUT2D eigenvalue weighted by Crippen LogP contribution is 2.33. The Morgan fingerprint density at radius 1 is 0.429 bits per heavy atom. The topological polar surface area (TPSA) is 35.1 Å². The SMILES string of the molecule is c1ccc(B(c2ccc3c4ccccc4n4c(-c5ccccc5)cnc4c3c2)c2ccc3c4ccccc4n(-c4ccccn4)c3c2)cc1. The van der Waals surface area contributed by atoms with Gasteiger partial charge in [0.25, 0.3) is 0 Å². The summed E-state index contributed by atoms with van der Waals surface area (Å²) >= 11 is 0. The molecule has 0 unspecified atom stereocenters. The van der Waals surface area contributed by atoms with Crippen molar-refractivity contribution in [2.45, 2.75) is 0 Å². The number of aromatic nitrogens is 4. The van der Waals surface area contributed by atoms with Crippen LogP contribution in [-0.4, -0.2) is 25.6 Å². The molecule has 0 fully saturated rings. The summed E-state index contributed by atoms with van der Waals surface area (Å²) < 4.78 is 4.62. The minimum absolute atomic E-state index is 0.000251. The number of pyridine rings is 2. The lowest BCUT2D eigenvalue weighted by molar-refractivity contribution is 1.08. The van der Waals surface area contributed by atoms with Gasteiger partial charge in [0, 0.05) is 33.3 Å². The molecular formula is C44H29BN4. The molecule has 0 aliphatic rings. The van der Waals surface area contributed by atoms with Gasteiger partial charge in [-0.15, -0.1) is 0 Å². The summed E-state index contributed by atoms with van der Waals surface area (Å²) in [6, 6.07) is 58.7. The second kappa shape index (κ2) is 11.1. The second-order valence-corrected chi connectivity index (χ2v) is 12.7. The van der Waals surface area contributed by atoms with Crippen LogP contribution in [0.4, 0.5) is 0 Å². The van der Waals surface area contributed by atoms with Gasteiger partial charge in [0.05, 0.1) is 28.4 Å². The number of hydrogen-bond acceptors (Lipinski definition) is 2. The van der Waals surface area contributed by atoms with E-state index in [1.165, 1.54) is 37.9 Å². The lowest BCUT2D eigenvalue weighted by Crippen LogP contribution is -2.51. The summed E-state index contributed by atoms with van der Waals surface area (Å²) in [5.41, 5.74) is 10.3. The summed E-state index contributed by atoms with van der Waals surface area (Å²) in [5.74, 6) is 0.913. The molecule has 4 aromatic heterocycles. The van der Waals surface area contributed by atoms with Gasteiger partial charge in [0.15, 0.2) is 0 Å². The molecule has 5 heteroatoms. The minimum atomic E-state index is 0.000251. The normalized spacial score (nSPS) is 11.7. The zero-order chi connectivity index (χ0) is 32.3. The van der Waals surface area contributed by atoms with Crippen molar-refractivity contribution in [3.05, 3.63) is 176 Å². The van der Waals surface area contributed by atoms with Crippen LogP contribution in [0.2, 0.25) is 0 Å². The van der Waals surface area contributed by atoms with Crippen molar-refractivity contribution in [2.24, 2.45) is 0 Å². The van der Waals surface area contributed by atoms with Crippen LogP contribution in [0.25, 0.3) is 66.2 Å². The molecule has 0 atom stereocenters. The van der Waals surface area contributed by atoms with E-state index in [9.17, 15) is 0 Å². The number of nitrogens with zero attached hydrogens (tertiary/aromatic N) is 4. The van der Waals surface area contributed by atoms with Gasteiger partial charge >= 0.3 is 0 Å². The number of imidazole rings is 1. The number of benzene rings is 6. The Balaban J connectivity index is 1.24. The fourth-order valence-electron chi connectivity index (χ4n) is 7.78. The molecule has 0 saturated heterocycles. The highest BCUT2D eigenvalue weighted by molar-refractivity contribution is 6.95. The molecule has 0 aliphatic carbocycles. The molecule has 4 heterocycles. The lowest BCUT2D eigenvalue weighted by atomic mass is 9.36. The van der Waals surface area contributed by atoms with Crippen molar-refractivity contribution in [3.8, 4) is 17.1 Å². The molecule has 0 spiro atoms. The molecule has 0 saturated carbocycles. The van der Waals surface area contributed by atoms with Crippen LogP contribution in [-0.2, 0) is 0 Å². The van der Waals surface area contributed by atoms with Crippen molar-refractivity contribution < 1.29 is 0 Å². The summed E-state index contributed by atoms with van der Waals surface area (Å²) in [6.45, 7) is 0.000251. The van der Waals surface area contributed by atoms with Crippen LogP contribution in [0.15, 0.2) is 176 Å². The quantitative estimate of drug-likeness (QED) is 0.143. The third-order valence-electron chi connectivity index (χ3n) is 9.93. The van der Waals surface area contributed by atoms with Gasteiger partial charge in [0.2, 0.25) is 6.71 Å². The first-order valence-electron chi connectivity index (χ1n) is 16.7. The molecule has 0 radical (unpaired) electrons. The van der Waals surface area contributed by atoms with E-state index in [1.54, 1.807) is 0 Å². The number of rotatable bonds is 5. The van der Waals surface area contributed by atoms with E-state index in [0.29, 0.717) is 0 Å². The predicted molar refractivity (Wildman–Crippen MR) is 205 cm³/mol. The fraction of sp³-hybridized carbons (Fsp3) is 0. The number of hydrogen-bond donors (Lipinski definition) is 0. The first kappa shape index (κ1) is 27.6. The maximum Gasteiger partial charge on any atom is 0.241 e. The van der Waals surface area contributed by atoms with Crippen LogP contribution in [0.3, 0.4) is 0 Å². The lowest BCUT2D eigenvalue weighted by Gasteiger charge is -2.18. The van der Waals surface area contributed by atoms with E-state index in [2.05, 4.69) is 167 Å². The first-order valence-corrected chi connectivity index (χ1v) is 16.7. The van der Waals surface area contributed by atoms with E-state index < -0.39 is 0 Å². The smallest absolute Gasteiger partial charge is 0.241 e. The summed E-state index contributed by atoms with van der Waals surface area (Å²) in [5, 5.41) is 6.00. The third kappa shape index (κ3) is 4.33. The van der Waals surface area contributed by atoms with Gasteiger partial charge in [-0.2, -0.15) is 0 Å². The summed E-state index contributed by atoms with van der Waals surface area (Å²) in [6.07, 6.45) is 3.88. The van der Waals surface area contributed by atoms with Crippen LogP contribution in [0.1, 0.15) is 0 Å². The fourth-order valence-corrected chi connectivity index (χ4v) is 7.78. The van der Waals surface area contributed by atoms with E-state index in [-0.39, 0.29) is 6.71 Å². The van der Waals surface area contributed by atoms with Gasteiger partial charge in [0.1, 0.15) is 11.5 Å². The van der Waals surface area contributed by atoms with Gasteiger partial charge < -0.3 is 0 Å². The first-order chi connectivity index (χ1) is 24.3. The minimum Gasteiger partial charge on any atom is -0.294 e. The molecule has 49 heavy (non-hydrogen) atoms. The molecule has 0 bridgehead atoms. The molecule has 10 rings (SSSR count). The highest BCUT2D eigenvalue weighted by Gasteiger charge is 2.25. The Labute approximate surface area is 283 Å². The van der Waals surface area contributed by atoms with Crippen molar-refractivity contribution in [2.75, 3.05) is 0 Å². The summed E-state index contributed by atoms with van der Waals surface area (Å²) in [4.78, 5) is 9.86. The monoisotopic (exact) mass is 624 g/mol. The zero-order valence-corrected chi connectivity index (χ0v) is 26.6. The molecular weight excluding hydrogens is 595 g/mol.